The number of aromatic nitrogens is 3. The molecule has 0 unspecified atom stereocenters. The Morgan fingerprint density at radius 3 is 1.62 bits per heavy atom. The highest BCUT2D eigenvalue weighted by Crippen LogP contribution is 2.33. The van der Waals surface area contributed by atoms with Crippen molar-refractivity contribution in [3.63, 3.8) is 0 Å². The maximum Gasteiger partial charge on any atom is 0.354 e. The van der Waals surface area contributed by atoms with Crippen LogP contribution >= 0.6 is 23.2 Å². The van der Waals surface area contributed by atoms with Crippen molar-refractivity contribution in [2.75, 3.05) is 6.61 Å². The zero-order valence-electron chi connectivity index (χ0n) is 33.2. The predicted octanol–water partition coefficient (Wildman–Crippen LogP) is 9.28. The fourth-order valence-electron chi connectivity index (χ4n) is 6.73. The molecular formula is C47H36Cl2FN3O11. The van der Waals surface area contributed by atoms with Gasteiger partial charge >= 0.3 is 17.9 Å². The Hall–Kier alpha value is -7.59. The van der Waals surface area contributed by atoms with Gasteiger partial charge in [0.25, 0.3) is 0 Å². The number of hydrogen-bond acceptors (Lipinski definition) is 9. The summed E-state index contributed by atoms with van der Waals surface area (Å²) in [6.45, 7) is 0.182. The zero-order chi connectivity index (χ0) is 46.2. The lowest BCUT2D eigenvalue weighted by Gasteiger charge is -2.08. The zero-order valence-corrected chi connectivity index (χ0v) is 34.7. The van der Waals surface area contributed by atoms with Crippen LogP contribution < -0.4 is 10.9 Å². The van der Waals surface area contributed by atoms with Crippen molar-refractivity contribution in [2.45, 2.75) is 25.7 Å². The van der Waals surface area contributed by atoms with Crippen molar-refractivity contribution in [2.24, 2.45) is 0 Å². The van der Waals surface area contributed by atoms with E-state index >= 15 is 0 Å². The monoisotopic (exact) mass is 907 g/mol. The molecule has 0 radical (unpaired) electrons. The van der Waals surface area contributed by atoms with Gasteiger partial charge in [0, 0.05) is 44.9 Å². The molecule has 8 N–H and O–H groups in total. The van der Waals surface area contributed by atoms with Crippen LogP contribution in [-0.2, 0) is 6.42 Å². The summed E-state index contributed by atoms with van der Waals surface area (Å²) in [5.41, 5.74) is 2.41. The SMILES string of the molecule is O=C(O)c1cc(=O)c2cc(-c3cc(Cl)cc(Cl)c3)cc(O)c2[nH]1.O=C(O)c1cc(=O)c2cc(-c3ccc(F)cc3)cc(O)c2[nH]1.O=C(O)c1nc2ccccc2cc1CCCCCO. The van der Waals surface area contributed by atoms with Crippen LogP contribution in [0.1, 0.15) is 56.3 Å². The van der Waals surface area contributed by atoms with Gasteiger partial charge in [0.05, 0.1) is 16.6 Å². The highest BCUT2D eigenvalue weighted by atomic mass is 35.5. The Morgan fingerprint density at radius 1 is 0.594 bits per heavy atom. The molecule has 0 aliphatic rings. The van der Waals surface area contributed by atoms with E-state index in [4.69, 9.17) is 38.5 Å². The largest absolute Gasteiger partial charge is 0.506 e. The maximum atomic E-state index is 13.0. The summed E-state index contributed by atoms with van der Waals surface area (Å²) in [5, 5.41) is 58.2. The summed E-state index contributed by atoms with van der Waals surface area (Å²) < 4.78 is 13.0. The molecule has 8 aromatic rings. The fourth-order valence-corrected chi connectivity index (χ4v) is 7.26. The Kier molecular flexibility index (Phi) is 14.4. The first kappa shape index (κ1) is 45.9. The van der Waals surface area contributed by atoms with Gasteiger partial charge in [-0.1, -0.05) is 60.0 Å². The highest BCUT2D eigenvalue weighted by Gasteiger charge is 2.16. The first-order valence-corrected chi connectivity index (χ1v) is 20.0. The van der Waals surface area contributed by atoms with Crippen LogP contribution in [0.4, 0.5) is 4.39 Å². The normalized spacial score (nSPS) is 10.8. The number of hydrogen-bond donors (Lipinski definition) is 8. The van der Waals surface area contributed by atoms with Crippen molar-refractivity contribution in [3.05, 3.63) is 168 Å². The number of pyridine rings is 3. The van der Waals surface area contributed by atoms with E-state index in [-0.39, 0.29) is 57.0 Å². The minimum absolute atomic E-state index is 0.0516. The Labute approximate surface area is 371 Å². The number of carboxylic acids is 3. The van der Waals surface area contributed by atoms with Crippen LogP contribution in [0.2, 0.25) is 10.0 Å². The van der Waals surface area contributed by atoms with E-state index in [2.05, 4.69) is 15.0 Å². The van der Waals surface area contributed by atoms with Crippen LogP contribution in [0.3, 0.4) is 0 Å². The van der Waals surface area contributed by atoms with Crippen LogP contribution in [0.5, 0.6) is 11.5 Å². The average molecular weight is 909 g/mol. The first-order chi connectivity index (χ1) is 30.5. The smallest absolute Gasteiger partial charge is 0.354 e. The second-order valence-electron chi connectivity index (χ2n) is 14.2. The molecule has 0 fully saturated rings. The molecule has 0 aliphatic carbocycles. The molecule has 0 saturated carbocycles. The minimum Gasteiger partial charge on any atom is -0.506 e. The highest BCUT2D eigenvalue weighted by molar-refractivity contribution is 6.35. The van der Waals surface area contributed by atoms with E-state index in [0.29, 0.717) is 44.2 Å². The number of H-pyrrole nitrogens is 2. The molecule has 0 saturated heterocycles. The molecular weight excluding hydrogens is 872 g/mol. The van der Waals surface area contributed by atoms with E-state index in [9.17, 15) is 43.7 Å². The molecule has 3 heterocycles. The summed E-state index contributed by atoms with van der Waals surface area (Å²) in [6.07, 6.45) is 3.19. The van der Waals surface area contributed by atoms with Gasteiger partial charge in [-0.25, -0.2) is 23.8 Å². The number of carbonyl (C=O) groups is 3. The number of unbranched alkanes of at least 4 members (excludes halogenated alkanes) is 2. The third-order valence-electron chi connectivity index (χ3n) is 9.78. The molecule has 14 nitrogen and oxygen atoms in total. The molecule has 64 heavy (non-hydrogen) atoms. The number of benzene rings is 5. The summed E-state index contributed by atoms with van der Waals surface area (Å²) in [6, 6.07) is 27.7. The Morgan fingerprint density at radius 2 is 1.11 bits per heavy atom. The fraction of sp³-hybridized carbons (Fsp3) is 0.106. The second kappa shape index (κ2) is 20.1. The van der Waals surface area contributed by atoms with Crippen molar-refractivity contribution in [1.82, 2.24) is 15.0 Å². The number of phenolic OH excluding ortho intramolecular Hbond substituents is 2. The van der Waals surface area contributed by atoms with Gasteiger partial charge < -0.3 is 40.6 Å². The van der Waals surface area contributed by atoms with Gasteiger partial charge in [0.1, 0.15) is 28.7 Å². The molecule has 326 valence electrons. The molecule has 5 aromatic carbocycles. The second-order valence-corrected chi connectivity index (χ2v) is 15.1. The molecule has 0 bridgehead atoms. The van der Waals surface area contributed by atoms with Crippen LogP contribution in [0.15, 0.2) is 119 Å². The molecule has 8 rings (SSSR count). The Balaban J connectivity index is 0.000000160. The van der Waals surface area contributed by atoms with Crippen molar-refractivity contribution in [3.8, 4) is 33.8 Å². The van der Waals surface area contributed by atoms with Gasteiger partial charge in [0.2, 0.25) is 0 Å². The number of aromatic hydroxyl groups is 2. The van der Waals surface area contributed by atoms with Gasteiger partial charge in [-0.3, -0.25) is 9.59 Å². The molecule has 17 heteroatoms. The van der Waals surface area contributed by atoms with Gasteiger partial charge in [-0.15, -0.1) is 0 Å². The van der Waals surface area contributed by atoms with Crippen molar-refractivity contribution < 1.29 is 49.4 Å². The first-order valence-electron chi connectivity index (χ1n) is 19.2. The summed E-state index contributed by atoms with van der Waals surface area (Å²) in [4.78, 5) is 66.6. The van der Waals surface area contributed by atoms with Crippen LogP contribution in [0, 0.1) is 5.82 Å². The number of fused-ring (bicyclic) bond motifs is 3. The van der Waals surface area contributed by atoms with E-state index in [1.165, 1.54) is 42.5 Å². The van der Waals surface area contributed by atoms with Crippen molar-refractivity contribution >= 4 is 73.8 Å². The van der Waals surface area contributed by atoms with E-state index in [1.54, 1.807) is 24.3 Å². The lowest BCUT2D eigenvalue weighted by molar-refractivity contribution is 0.0679. The van der Waals surface area contributed by atoms with Gasteiger partial charge in [0.15, 0.2) is 16.6 Å². The number of aromatic amines is 2. The average Bonchev–Trinajstić information content (AvgIpc) is 3.25. The quantitative estimate of drug-likeness (QED) is 0.0598. The minimum atomic E-state index is -1.29. The van der Waals surface area contributed by atoms with Gasteiger partial charge in [-0.05, 0) is 114 Å². The maximum absolute atomic E-state index is 13.0. The summed E-state index contributed by atoms with van der Waals surface area (Å²) in [7, 11) is 0. The number of rotatable bonds is 10. The Bertz CT molecular complexity index is 3190. The number of phenols is 2. The summed E-state index contributed by atoms with van der Waals surface area (Å²) >= 11 is 11.9. The molecule has 3 aromatic heterocycles. The third kappa shape index (κ3) is 10.9. The van der Waals surface area contributed by atoms with Gasteiger partial charge in [-0.2, -0.15) is 0 Å². The molecule has 0 spiro atoms. The number of nitrogens with one attached hydrogen (secondary N) is 2. The van der Waals surface area contributed by atoms with E-state index in [0.717, 1.165) is 42.3 Å². The number of aliphatic hydroxyl groups excluding tert-OH is 1. The molecule has 0 amide bonds. The van der Waals surface area contributed by atoms with E-state index in [1.807, 2.05) is 30.3 Å². The van der Waals surface area contributed by atoms with Crippen LogP contribution in [-0.4, -0.2) is 70.1 Å². The van der Waals surface area contributed by atoms with Crippen molar-refractivity contribution in [1.29, 1.82) is 0 Å². The number of nitrogens with zero attached hydrogens (tertiary/aromatic N) is 1. The number of aromatic carboxylic acids is 3. The lowest BCUT2D eigenvalue weighted by Crippen LogP contribution is -2.09. The predicted molar refractivity (Wildman–Crippen MR) is 241 cm³/mol. The lowest BCUT2D eigenvalue weighted by atomic mass is 10.0. The number of halogens is 3. The number of para-hydroxylation sites is 1. The van der Waals surface area contributed by atoms with E-state index < -0.39 is 34.6 Å². The number of carboxylic acid groups (broad SMARTS) is 3. The number of aliphatic hydroxyl groups is 1. The topological polar surface area (TPSA) is 251 Å². The summed E-state index contributed by atoms with van der Waals surface area (Å²) in [5.74, 6) is -4.44. The van der Waals surface area contributed by atoms with Crippen LogP contribution in [0.25, 0.3) is 55.0 Å². The number of aryl methyl sites for hydroxylation is 1. The third-order valence-corrected chi connectivity index (χ3v) is 10.2. The molecule has 0 aliphatic heterocycles. The molecule has 0 atom stereocenters. The standard InChI is InChI=1S/C16H9Cl2NO4.C16H10FNO4.C15H17NO3/c17-9-1-7(2-10(18)5-9)8-3-11-13(20)6-12(16(22)23)19-15(11)14(21)4-8;17-10-3-1-8(2-4-10)9-5-11-13(19)7-12(16(21)22)18-15(11)14(20)6-9;17-9-5-1-2-7-12-10-11-6-3-4-8-13(11)16-14(12)15(18)19/h1-6,21H,(H,19,20)(H,22,23);1-7,20H,(H,18,19)(H,21,22);3-4,6,8,10,17H,1-2,5,7,9H2,(H,18,19).